The summed E-state index contributed by atoms with van der Waals surface area (Å²) in [5.74, 6) is 0.263. The van der Waals surface area contributed by atoms with E-state index >= 15 is 0 Å². The molecule has 0 aromatic heterocycles. The van der Waals surface area contributed by atoms with Gasteiger partial charge in [0, 0.05) is 26.2 Å². The predicted molar refractivity (Wildman–Crippen MR) is 45.9 cm³/mol. The molecule has 0 aromatic rings. The zero-order valence-electron chi connectivity index (χ0n) is 7.42. The molecular weight excluding hydrogens is 154 g/mol. The lowest BCUT2D eigenvalue weighted by atomic mass is 10.1. The van der Waals surface area contributed by atoms with Crippen molar-refractivity contribution in [2.24, 2.45) is 0 Å². The van der Waals surface area contributed by atoms with Gasteiger partial charge in [0.15, 0.2) is 0 Å². The Morgan fingerprint density at radius 2 is 2.33 bits per heavy atom. The standard InChI is InChI=1S/C8H15N3O/c1-10-2-3-11-7(6-10)4-9-5-8(11)12/h7,9H,2-6H2,1H3. The number of rotatable bonds is 0. The average molecular weight is 169 g/mol. The Hall–Kier alpha value is -0.610. The van der Waals surface area contributed by atoms with Crippen LogP contribution in [-0.2, 0) is 4.79 Å². The first-order valence-corrected chi connectivity index (χ1v) is 4.46. The summed E-state index contributed by atoms with van der Waals surface area (Å²) >= 11 is 0. The van der Waals surface area contributed by atoms with Crippen LogP contribution in [0.25, 0.3) is 0 Å². The number of nitrogens with one attached hydrogen (secondary N) is 1. The number of likely N-dealkylation sites (N-methyl/N-ethyl adjacent to an activating group) is 1. The topological polar surface area (TPSA) is 35.6 Å². The molecule has 0 aromatic carbocycles. The third-order valence-corrected chi connectivity index (χ3v) is 2.66. The molecule has 2 heterocycles. The van der Waals surface area contributed by atoms with Crippen LogP contribution in [0.3, 0.4) is 0 Å². The predicted octanol–water partition coefficient (Wildman–Crippen LogP) is -1.27. The van der Waals surface area contributed by atoms with Gasteiger partial charge in [-0.05, 0) is 7.05 Å². The van der Waals surface area contributed by atoms with Gasteiger partial charge in [0.1, 0.15) is 0 Å². The molecule has 1 atom stereocenters. The Balaban J connectivity index is 2.04. The van der Waals surface area contributed by atoms with Crippen LogP contribution in [0.15, 0.2) is 0 Å². The molecule has 2 aliphatic rings. The van der Waals surface area contributed by atoms with Crippen LogP contribution < -0.4 is 5.32 Å². The molecule has 2 rings (SSSR count). The SMILES string of the molecule is CN1CCN2C(=O)CNCC2C1. The summed E-state index contributed by atoms with van der Waals surface area (Å²) < 4.78 is 0. The third-order valence-electron chi connectivity index (χ3n) is 2.66. The van der Waals surface area contributed by atoms with Gasteiger partial charge in [-0.25, -0.2) is 0 Å². The molecule has 0 bridgehead atoms. The molecule has 4 nitrogen and oxygen atoms in total. The highest BCUT2D eigenvalue weighted by Crippen LogP contribution is 2.10. The second-order valence-electron chi connectivity index (χ2n) is 3.63. The molecule has 0 aliphatic carbocycles. The van der Waals surface area contributed by atoms with Crippen LogP contribution in [0, 0.1) is 0 Å². The molecular formula is C8H15N3O. The van der Waals surface area contributed by atoms with E-state index in [1.807, 2.05) is 4.90 Å². The first kappa shape index (κ1) is 8.01. The van der Waals surface area contributed by atoms with Crippen LogP contribution in [0.5, 0.6) is 0 Å². The van der Waals surface area contributed by atoms with E-state index in [1.165, 1.54) is 0 Å². The Kier molecular flexibility index (Phi) is 2.02. The van der Waals surface area contributed by atoms with Crippen LogP contribution in [0.2, 0.25) is 0 Å². The second-order valence-corrected chi connectivity index (χ2v) is 3.63. The lowest BCUT2D eigenvalue weighted by Gasteiger charge is -2.42. The van der Waals surface area contributed by atoms with E-state index in [0.29, 0.717) is 12.6 Å². The Bertz CT molecular complexity index is 195. The minimum Gasteiger partial charge on any atom is -0.335 e. The van der Waals surface area contributed by atoms with Crippen molar-refractivity contribution < 1.29 is 4.79 Å². The summed E-state index contributed by atoms with van der Waals surface area (Å²) in [5, 5.41) is 3.14. The molecule has 4 heteroatoms. The monoisotopic (exact) mass is 169 g/mol. The van der Waals surface area contributed by atoms with Gasteiger partial charge >= 0.3 is 0 Å². The minimum atomic E-state index is 0.263. The van der Waals surface area contributed by atoms with Crippen molar-refractivity contribution >= 4 is 5.91 Å². The maximum Gasteiger partial charge on any atom is 0.236 e. The minimum absolute atomic E-state index is 0.263. The fourth-order valence-electron chi connectivity index (χ4n) is 1.96. The zero-order valence-corrected chi connectivity index (χ0v) is 7.42. The van der Waals surface area contributed by atoms with E-state index in [2.05, 4.69) is 17.3 Å². The van der Waals surface area contributed by atoms with Gasteiger partial charge in [-0.1, -0.05) is 0 Å². The van der Waals surface area contributed by atoms with E-state index < -0.39 is 0 Å². The number of nitrogens with zero attached hydrogens (tertiary/aromatic N) is 2. The lowest BCUT2D eigenvalue weighted by molar-refractivity contribution is -0.137. The van der Waals surface area contributed by atoms with Gasteiger partial charge < -0.3 is 15.1 Å². The maximum atomic E-state index is 11.4. The second kappa shape index (κ2) is 3.03. The van der Waals surface area contributed by atoms with Gasteiger partial charge in [-0.3, -0.25) is 4.79 Å². The number of hydrogen-bond donors (Lipinski definition) is 1. The quantitative estimate of drug-likeness (QED) is 0.491. The molecule has 2 fully saturated rings. The van der Waals surface area contributed by atoms with Crippen molar-refractivity contribution in [3.05, 3.63) is 0 Å². The lowest BCUT2D eigenvalue weighted by Crippen LogP contribution is -2.62. The number of amides is 1. The van der Waals surface area contributed by atoms with E-state index in [0.717, 1.165) is 26.2 Å². The fourth-order valence-corrected chi connectivity index (χ4v) is 1.96. The Morgan fingerprint density at radius 1 is 1.50 bits per heavy atom. The molecule has 2 aliphatic heterocycles. The molecule has 0 spiro atoms. The summed E-state index contributed by atoms with van der Waals surface area (Å²) in [6.07, 6.45) is 0. The van der Waals surface area contributed by atoms with Gasteiger partial charge in [0.2, 0.25) is 5.91 Å². The molecule has 0 radical (unpaired) electrons. The molecule has 1 amide bonds. The smallest absolute Gasteiger partial charge is 0.236 e. The van der Waals surface area contributed by atoms with Crippen LogP contribution in [0.4, 0.5) is 0 Å². The normalized spacial score (nSPS) is 31.9. The summed E-state index contributed by atoms with van der Waals surface area (Å²) in [4.78, 5) is 15.7. The van der Waals surface area contributed by atoms with Gasteiger partial charge in [-0.2, -0.15) is 0 Å². The molecule has 12 heavy (non-hydrogen) atoms. The van der Waals surface area contributed by atoms with Gasteiger partial charge in [0.05, 0.1) is 12.6 Å². The number of carbonyl (C=O) groups excluding carboxylic acids is 1. The van der Waals surface area contributed by atoms with E-state index in [9.17, 15) is 4.79 Å². The van der Waals surface area contributed by atoms with E-state index in [4.69, 9.17) is 0 Å². The Morgan fingerprint density at radius 3 is 3.17 bits per heavy atom. The van der Waals surface area contributed by atoms with E-state index in [-0.39, 0.29) is 5.91 Å². The van der Waals surface area contributed by atoms with Crippen LogP contribution >= 0.6 is 0 Å². The van der Waals surface area contributed by atoms with Crippen molar-refractivity contribution in [2.45, 2.75) is 6.04 Å². The maximum absolute atomic E-state index is 11.4. The summed E-state index contributed by atoms with van der Waals surface area (Å²) in [7, 11) is 2.11. The third kappa shape index (κ3) is 1.32. The van der Waals surface area contributed by atoms with Crippen LogP contribution in [0.1, 0.15) is 0 Å². The summed E-state index contributed by atoms with van der Waals surface area (Å²) in [5.41, 5.74) is 0. The molecule has 1 N–H and O–H groups in total. The highest BCUT2D eigenvalue weighted by atomic mass is 16.2. The number of carbonyl (C=O) groups is 1. The fraction of sp³-hybridized carbons (Fsp3) is 0.875. The Labute approximate surface area is 72.5 Å². The molecule has 0 saturated carbocycles. The van der Waals surface area contributed by atoms with Gasteiger partial charge in [0.25, 0.3) is 0 Å². The van der Waals surface area contributed by atoms with Crippen LogP contribution in [-0.4, -0.2) is 61.5 Å². The number of piperazine rings is 2. The molecule has 2 saturated heterocycles. The van der Waals surface area contributed by atoms with Crippen molar-refractivity contribution in [1.82, 2.24) is 15.1 Å². The van der Waals surface area contributed by atoms with Crippen molar-refractivity contribution in [2.75, 3.05) is 39.8 Å². The number of fused-ring (bicyclic) bond motifs is 1. The van der Waals surface area contributed by atoms with E-state index in [1.54, 1.807) is 0 Å². The van der Waals surface area contributed by atoms with Gasteiger partial charge in [-0.15, -0.1) is 0 Å². The van der Waals surface area contributed by atoms with Crippen molar-refractivity contribution in [3.63, 3.8) is 0 Å². The molecule has 1 unspecified atom stereocenters. The highest BCUT2D eigenvalue weighted by Gasteiger charge is 2.31. The zero-order chi connectivity index (χ0) is 8.55. The first-order valence-electron chi connectivity index (χ1n) is 4.46. The number of hydrogen-bond acceptors (Lipinski definition) is 3. The highest BCUT2D eigenvalue weighted by molar-refractivity contribution is 5.79. The first-order chi connectivity index (χ1) is 5.77. The molecule has 68 valence electrons. The van der Waals surface area contributed by atoms with Crippen molar-refractivity contribution in [3.8, 4) is 0 Å². The summed E-state index contributed by atoms with van der Waals surface area (Å²) in [6, 6.07) is 0.407. The summed E-state index contributed by atoms with van der Waals surface area (Å²) in [6.45, 7) is 4.42. The van der Waals surface area contributed by atoms with Crippen molar-refractivity contribution in [1.29, 1.82) is 0 Å². The largest absolute Gasteiger partial charge is 0.335 e. The average Bonchev–Trinajstić information content (AvgIpc) is 2.04.